The molecule has 0 atom stereocenters. The van der Waals surface area contributed by atoms with E-state index in [-0.39, 0.29) is 44.6 Å². The van der Waals surface area contributed by atoms with Gasteiger partial charge in [0, 0.05) is 39.2 Å². The molecule has 9 heteroatoms. The second-order valence-electron chi connectivity index (χ2n) is 8.13. The summed E-state index contributed by atoms with van der Waals surface area (Å²) in [5.41, 5.74) is 0.0357. The molecule has 0 saturated heterocycles. The number of hydrogen-bond acceptors (Lipinski definition) is 9. The molecule has 4 aromatic rings. The van der Waals surface area contributed by atoms with Crippen LogP contribution in [0.1, 0.15) is 29.8 Å². The molecule has 1 aromatic heterocycles. The molecule has 182 valence electrons. The third kappa shape index (κ3) is 3.17. The zero-order valence-corrected chi connectivity index (χ0v) is 19.8. The second-order valence-corrected chi connectivity index (χ2v) is 8.13. The van der Waals surface area contributed by atoms with Gasteiger partial charge in [-0.05, 0) is 17.7 Å². The molecule has 1 aliphatic carbocycles. The smallest absolute Gasteiger partial charge is 0.308 e. The van der Waals surface area contributed by atoms with E-state index in [1.807, 2.05) is 0 Å². The Balaban J connectivity index is 2.11. The highest BCUT2D eigenvalue weighted by molar-refractivity contribution is 6.20. The van der Waals surface area contributed by atoms with E-state index in [0.29, 0.717) is 11.1 Å². The summed E-state index contributed by atoms with van der Waals surface area (Å²) in [7, 11) is 2.60. The number of Topliss-reactive ketones (excluding diaryl/α,β-unsaturated/α-hetero) is 1. The number of para-hydroxylation sites is 1. The summed E-state index contributed by atoms with van der Waals surface area (Å²) in [5.74, 6) is -4.62. The number of ketones is 1. The molecule has 0 amide bonds. The number of benzene rings is 3. The first kappa shape index (κ1) is 23.4. The van der Waals surface area contributed by atoms with Crippen LogP contribution in [0.15, 0.2) is 57.7 Å². The summed E-state index contributed by atoms with van der Waals surface area (Å²) in [6, 6.07) is 13.1. The largest absolute Gasteiger partial charge is 0.452 e. The number of methoxy groups -OCH3 is 2. The van der Waals surface area contributed by atoms with Gasteiger partial charge in [-0.15, -0.1) is 0 Å². The average Bonchev–Trinajstić information content (AvgIpc) is 2.86. The van der Waals surface area contributed by atoms with Gasteiger partial charge in [-0.3, -0.25) is 19.2 Å². The first-order chi connectivity index (χ1) is 17.2. The summed E-state index contributed by atoms with van der Waals surface area (Å²) in [5, 5.41) is 0.0644. The van der Waals surface area contributed by atoms with Crippen molar-refractivity contribution in [2.45, 2.75) is 19.6 Å². The van der Waals surface area contributed by atoms with Crippen LogP contribution in [0.2, 0.25) is 0 Å². The van der Waals surface area contributed by atoms with Gasteiger partial charge in [-0.1, -0.05) is 36.4 Å². The molecular formula is C27H20O9. The predicted molar refractivity (Wildman–Crippen MR) is 128 cm³/mol. The molecule has 5 rings (SSSR count). The third-order valence-electron chi connectivity index (χ3n) is 6.08. The maximum Gasteiger partial charge on any atom is 0.308 e. The van der Waals surface area contributed by atoms with Gasteiger partial charge < -0.3 is 23.4 Å². The summed E-state index contributed by atoms with van der Waals surface area (Å²) in [6.07, 6.45) is 0. The predicted octanol–water partition coefficient (Wildman–Crippen LogP) is 4.11. The highest BCUT2D eigenvalue weighted by Crippen LogP contribution is 2.54. The maximum absolute atomic E-state index is 14.1. The molecule has 36 heavy (non-hydrogen) atoms. The summed E-state index contributed by atoms with van der Waals surface area (Å²) in [4.78, 5) is 52.3. The molecule has 1 heterocycles. The van der Waals surface area contributed by atoms with Crippen molar-refractivity contribution in [3.8, 4) is 22.6 Å². The average molecular weight is 488 g/mol. The Morgan fingerprint density at radius 1 is 0.806 bits per heavy atom. The van der Waals surface area contributed by atoms with Gasteiger partial charge in [0.05, 0.1) is 10.9 Å². The molecule has 0 radical (unpaired) electrons. The molecule has 0 spiro atoms. The molecule has 0 saturated carbocycles. The Bertz CT molecular complexity index is 1660. The van der Waals surface area contributed by atoms with E-state index in [4.69, 9.17) is 23.4 Å². The van der Waals surface area contributed by atoms with Gasteiger partial charge in [-0.25, -0.2) is 0 Å². The van der Waals surface area contributed by atoms with Crippen LogP contribution in [-0.2, 0) is 24.8 Å². The lowest BCUT2D eigenvalue weighted by atomic mass is 9.78. The number of carbonyl (C=O) groups excluding carboxylic acids is 3. The fourth-order valence-electron chi connectivity index (χ4n) is 4.70. The molecule has 0 N–H and O–H groups in total. The standard InChI is InChI=1S/C27H20O9/c1-13(28)34-23-19-15-9-5-7-11-17(15)27(32-3,33-4)26(31)20(19)24(35-14(2)29)25-21(23)22(30)16-10-6-8-12-18(16)36-25/h5-12H,1-4H3. The van der Waals surface area contributed by atoms with Crippen LogP contribution in [0.25, 0.3) is 33.1 Å². The Labute approximate surface area is 204 Å². The van der Waals surface area contributed by atoms with E-state index < -0.39 is 28.9 Å². The van der Waals surface area contributed by atoms with Gasteiger partial charge in [0.25, 0.3) is 5.79 Å². The van der Waals surface area contributed by atoms with Crippen LogP contribution in [0.5, 0.6) is 11.5 Å². The molecule has 0 aliphatic heterocycles. The lowest BCUT2D eigenvalue weighted by Gasteiger charge is -2.36. The minimum atomic E-state index is -1.91. The minimum Gasteiger partial charge on any atom is -0.452 e. The Kier molecular flexibility index (Phi) is 5.46. The Morgan fingerprint density at radius 3 is 2.08 bits per heavy atom. The molecule has 1 aliphatic rings. The number of hydrogen-bond donors (Lipinski definition) is 0. The lowest BCUT2D eigenvalue weighted by molar-refractivity contribution is -0.176. The molecule has 3 aromatic carbocycles. The molecule has 0 bridgehead atoms. The van der Waals surface area contributed by atoms with E-state index in [1.54, 1.807) is 48.5 Å². The van der Waals surface area contributed by atoms with E-state index in [0.717, 1.165) is 6.92 Å². The number of fused-ring (bicyclic) bond motifs is 5. The number of carbonyl (C=O) groups is 3. The lowest BCUT2D eigenvalue weighted by Crippen LogP contribution is -2.43. The van der Waals surface area contributed by atoms with Crippen molar-refractivity contribution in [1.29, 1.82) is 0 Å². The van der Waals surface area contributed by atoms with Gasteiger partial charge >= 0.3 is 11.9 Å². The first-order valence-corrected chi connectivity index (χ1v) is 10.9. The summed E-state index contributed by atoms with van der Waals surface area (Å²) >= 11 is 0. The van der Waals surface area contributed by atoms with Crippen LogP contribution >= 0.6 is 0 Å². The molecule has 0 unspecified atom stereocenters. The number of rotatable bonds is 4. The van der Waals surface area contributed by atoms with Crippen molar-refractivity contribution >= 4 is 39.7 Å². The fourth-order valence-corrected chi connectivity index (χ4v) is 4.70. The van der Waals surface area contributed by atoms with Crippen LogP contribution in [0.3, 0.4) is 0 Å². The maximum atomic E-state index is 14.1. The highest BCUT2D eigenvalue weighted by Gasteiger charge is 2.51. The SMILES string of the molecule is COC1(OC)C(=O)c2c(c(OC(C)=O)c3c(=O)c4ccccc4oc3c2OC(C)=O)-c2ccccc21. The van der Waals surface area contributed by atoms with Crippen LogP contribution < -0.4 is 14.9 Å². The van der Waals surface area contributed by atoms with Crippen molar-refractivity contribution in [2.75, 3.05) is 14.2 Å². The monoisotopic (exact) mass is 488 g/mol. The summed E-state index contributed by atoms with van der Waals surface area (Å²) < 4.78 is 28.3. The van der Waals surface area contributed by atoms with E-state index in [2.05, 4.69) is 0 Å². The van der Waals surface area contributed by atoms with Gasteiger partial charge in [0.1, 0.15) is 11.0 Å². The van der Waals surface area contributed by atoms with Crippen LogP contribution in [0, 0.1) is 0 Å². The minimum absolute atomic E-state index is 0.0851. The molecule has 9 nitrogen and oxygen atoms in total. The third-order valence-corrected chi connectivity index (χ3v) is 6.08. The van der Waals surface area contributed by atoms with E-state index in [1.165, 1.54) is 21.1 Å². The van der Waals surface area contributed by atoms with E-state index in [9.17, 15) is 19.2 Å². The Morgan fingerprint density at radius 2 is 1.42 bits per heavy atom. The van der Waals surface area contributed by atoms with Gasteiger partial charge in [-0.2, -0.15) is 0 Å². The van der Waals surface area contributed by atoms with Crippen molar-refractivity contribution in [3.05, 3.63) is 69.9 Å². The van der Waals surface area contributed by atoms with Crippen LogP contribution in [0.4, 0.5) is 0 Å². The summed E-state index contributed by atoms with van der Waals surface area (Å²) in [6.45, 7) is 2.32. The fraction of sp³-hybridized carbons (Fsp3) is 0.185. The van der Waals surface area contributed by atoms with Gasteiger partial charge in [0.2, 0.25) is 11.2 Å². The van der Waals surface area contributed by atoms with E-state index >= 15 is 0 Å². The molecule has 0 fully saturated rings. The first-order valence-electron chi connectivity index (χ1n) is 10.9. The second kappa shape index (κ2) is 8.40. The van der Waals surface area contributed by atoms with Crippen molar-refractivity contribution in [3.63, 3.8) is 0 Å². The Hall–Kier alpha value is -4.34. The zero-order valence-electron chi connectivity index (χ0n) is 19.8. The van der Waals surface area contributed by atoms with Crippen molar-refractivity contribution in [2.24, 2.45) is 0 Å². The molecular weight excluding hydrogens is 468 g/mol. The number of ether oxygens (including phenoxy) is 4. The van der Waals surface area contributed by atoms with Crippen molar-refractivity contribution < 1.29 is 37.7 Å². The number of esters is 2. The topological polar surface area (TPSA) is 118 Å². The highest BCUT2D eigenvalue weighted by atomic mass is 16.7. The normalized spacial score (nSPS) is 13.8. The van der Waals surface area contributed by atoms with Gasteiger partial charge in [0.15, 0.2) is 17.1 Å². The zero-order chi connectivity index (χ0) is 25.8. The van der Waals surface area contributed by atoms with Crippen LogP contribution in [-0.4, -0.2) is 31.9 Å². The quantitative estimate of drug-likeness (QED) is 0.181. The van der Waals surface area contributed by atoms with Crippen molar-refractivity contribution in [1.82, 2.24) is 0 Å².